The second-order valence-corrected chi connectivity index (χ2v) is 24.6. The molecule has 36 heteroatoms. The number of sulfonamides is 2. The Morgan fingerprint density at radius 2 is 1.07 bits per heavy atom. The maximum atomic E-state index is 15.8. The summed E-state index contributed by atoms with van der Waals surface area (Å²) >= 11 is 12.6. The van der Waals surface area contributed by atoms with Gasteiger partial charge in [0.2, 0.25) is 11.8 Å². The number of fused-ring (bicyclic) bond motifs is 5. The van der Waals surface area contributed by atoms with E-state index in [1.165, 1.54) is 53.0 Å². The highest BCUT2D eigenvalue weighted by atomic mass is 35.5. The van der Waals surface area contributed by atoms with E-state index in [2.05, 4.69) is 26.3 Å². The van der Waals surface area contributed by atoms with Crippen molar-refractivity contribution in [1.82, 2.24) is 23.1 Å². The van der Waals surface area contributed by atoms with E-state index < -0.39 is 117 Å². The van der Waals surface area contributed by atoms with Gasteiger partial charge in [-0.15, -0.1) is 0 Å². The average molecular weight is 1280 g/mol. The summed E-state index contributed by atoms with van der Waals surface area (Å²) in [4.78, 5) is 9.14. The van der Waals surface area contributed by atoms with Gasteiger partial charge in [-0.25, -0.2) is 26.8 Å². The van der Waals surface area contributed by atoms with Crippen LogP contribution in [0.3, 0.4) is 0 Å². The SMILES string of the molecule is CC(C)c1c2/c(=C(\C#N)c3nc4ccc(Cl)cc4o3)n(B3Oc4ccccc4O3)c(-c3cccc(OS(=O)(=O)C(F)(F)C(F)(F)C(F)(F)S(=O)(=O)NS(=O)(=O)C(F)(F)F)c3)c2/c(=C(\C#N)c2nc3ccc(Cl)cc3o2)n1B1Oc2ccccc2O1. The fourth-order valence-corrected chi connectivity index (χ4v) is 12.9. The molecule has 0 atom stereocenters. The van der Waals surface area contributed by atoms with Crippen molar-refractivity contribution in [2.45, 2.75) is 41.7 Å². The highest BCUT2D eigenvalue weighted by molar-refractivity contribution is 8.05. The molecule has 0 unspecified atom stereocenters. The van der Waals surface area contributed by atoms with Crippen LogP contribution in [-0.4, -0.2) is 80.6 Å². The minimum Gasteiger partial charge on any atom is -0.503 e. The first-order valence-corrected chi connectivity index (χ1v) is 28.8. The molecule has 1 N–H and O–H groups in total. The van der Waals surface area contributed by atoms with Gasteiger partial charge in [-0.05, 0) is 66.6 Å². The number of hydrogen-bond donors (Lipinski definition) is 1. The lowest BCUT2D eigenvalue weighted by molar-refractivity contribution is -0.245. The highest BCUT2D eigenvalue weighted by Crippen LogP contribution is 2.52. The van der Waals surface area contributed by atoms with Crippen LogP contribution in [0.25, 0.3) is 55.4 Å². The molecule has 0 saturated heterocycles. The van der Waals surface area contributed by atoms with Crippen LogP contribution in [-0.2, 0) is 30.2 Å². The smallest absolute Gasteiger partial charge is 0.503 e. The number of benzene rings is 5. The third-order valence-electron chi connectivity index (χ3n) is 12.8. The van der Waals surface area contributed by atoms with E-state index in [4.69, 9.17) is 50.7 Å². The van der Waals surface area contributed by atoms with Gasteiger partial charge in [0.15, 0.2) is 11.2 Å². The van der Waals surface area contributed by atoms with Crippen molar-refractivity contribution in [2.24, 2.45) is 0 Å². The number of aromatic nitrogens is 4. The maximum absolute atomic E-state index is 15.8. The lowest BCUT2D eigenvalue weighted by Gasteiger charge is -2.31. The predicted octanol–water partition coefficient (Wildman–Crippen LogP) is 9.17. The zero-order valence-electron chi connectivity index (χ0n) is 42.0. The van der Waals surface area contributed by atoms with Gasteiger partial charge in [0.05, 0.1) is 16.4 Å². The van der Waals surface area contributed by atoms with Crippen molar-refractivity contribution in [3.8, 4) is 52.1 Å². The van der Waals surface area contributed by atoms with Crippen LogP contribution in [0.15, 0.2) is 118 Å². The fraction of sp³-hybridized carbons (Fsp3) is 0.143. The molecule has 0 spiro atoms. The van der Waals surface area contributed by atoms with Gasteiger partial charge in [0.25, 0.3) is 10.0 Å². The molecule has 2 aliphatic rings. The lowest BCUT2D eigenvalue weighted by Crippen LogP contribution is -2.64. The van der Waals surface area contributed by atoms with Crippen molar-refractivity contribution in [2.75, 3.05) is 0 Å². The number of rotatable bonds is 14. The number of nitriles is 2. The summed E-state index contributed by atoms with van der Waals surface area (Å²) in [5.41, 5.74) is -8.20. The quantitative estimate of drug-likeness (QED) is 0.0603. The molecule has 9 aromatic rings. The molecule has 0 aliphatic carbocycles. The number of hydrogen-bond acceptors (Lipinski definition) is 17. The molecule has 20 nitrogen and oxygen atoms in total. The van der Waals surface area contributed by atoms with Crippen LogP contribution in [0.5, 0.6) is 28.7 Å². The normalized spacial score (nSPS) is 14.8. The number of oxazole rings is 2. The van der Waals surface area contributed by atoms with Crippen LogP contribution < -0.4 is 37.6 Å². The Bertz CT molecular complexity index is 4760. The Hall–Kier alpha value is -8.53. The highest BCUT2D eigenvalue weighted by Gasteiger charge is 2.83. The third-order valence-corrected chi connectivity index (χ3v) is 17.9. The van der Waals surface area contributed by atoms with Gasteiger partial charge in [0, 0.05) is 44.2 Å². The average Bonchev–Trinajstić information content (AvgIpc) is 2.18. The molecule has 2 aliphatic heterocycles. The van der Waals surface area contributed by atoms with E-state index in [1.54, 1.807) is 50.2 Å². The van der Waals surface area contributed by atoms with Gasteiger partial charge in [-0.2, -0.15) is 58.5 Å². The first-order chi connectivity index (χ1) is 39.8. The van der Waals surface area contributed by atoms with E-state index in [-0.39, 0.29) is 82.4 Å². The Morgan fingerprint density at radius 1 is 0.612 bits per heavy atom. The molecule has 85 heavy (non-hydrogen) atoms. The fourth-order valence-electron chi connectivity index (χ4n) is 9.21. The largest absolute Gasteiger partial charge is 0.743 e. The summed E-state index contributed by atoms with van der Waals surface area (Å²) in [6.45, 7) is 3.32. The molecular formula is C49H26B2Cl2F9N7O13S3. The summed E-state index contributed by atoms with van der Waals surface area (Å²) in [6, 6.07) is 28.0. The zero-order valence-corrected chi connectivity index (χ0v) is 46.0. The predicted molar refractivity (Wildman–Crippen MR) is 282 cm³/mol. The Kier molecular flexibility index (Phi) is 13.7. The van der Waals surface area contributed by atoms with Crippen molar-refractivity contribution in [1.29, 1.82) is 10.5 Å². The van der Waals surface area contributed by atoms with E-state index in [9.17, 15) is 48.9 Å². The van der Waals surface area contributed by atoms with Crippen LogP contribution in [0, 0.1) is 22.7 Å². The van der Waals surface area contributed by atoms with Gasteiger partial charge in [-0.1, -0.05) is 77.6 Å². The van der Waals surface area contributed by atoms with Crippen LogP contribution in [0.2, 0.25) is 10.0 Å². The zero-order chi connectivity index (χ0) is 61.3. The molecule has 5 aromatic carbocycles. The summed E-state index contributed by atoms with van der Waals surface area (Å²) in [6.07, 6.45) is 0. The number of nitrogens with one attached hydrogen (secondary N) is 1. The summed E-state index contributed by atoms with van der Waals surface area (Å²) in [5.74, 6) is -10.6. The molecule has 0 radical (unpaired) electrons. The van der Waals surface area contributed by atoms with Gasteiger partial charge < -0.3 is 40.6 Å². The summed E-state index contributed by atoms with van der Waals surface area (Å²) in [7, 11) is -26.9. The van der Waals surface area contributed by atoms with E-state index in [0.29, 0.717) is 12.1 Å². The maximum Gasteiger partial charge on any atom is 0.743 e. The van der Waals surface area contributed by atoms with Gasteiger partial charge in [0.1, 0.15) is 63.1 Å². The molecule has 6 heterocycles. The molecule has 0 saturated carbocycles. The number of alkyl halides is 9. The van der Waals surface area contributed by atoms with E-state index >= 15 is 26.3 Å². The van der Waals surface area contributed by atoms with E-state index in [0.717, 1.165) is 16.6 Å². The van der Waals surface area contributed by atoms with E-state index in [1.807, 2.05) is 0 Å². The van der Waals surface area contributed by atoms with Crippen LogP contribution in [0.1, 0.15) is 37.2 Å². The molecule has 436 valence electrons. The molecule has 0 bridgehead atoms. The minimum atomic E-state index is -8.15. The monoisotopic (exact) mass is 1280 g/mol. The number of para-hydroxylation sites is 4. The van der Waals surface area contributed by atoms with Crippen molar-refractivity contribution in [3.63, 3.8) is 0 Å². The number of halogens is 11. The minimum absolute atomic E-state index is 0.0426. The first-order valence-electron chi connectivity index (χ1n) is 23.7. The second kappa shape index (κ2) is 20.1. The van der Waals surface area contributed by atoms with Gasteiger partial charge >= 0.3 is 56.6 Å². The van der Waals surface area contributed by atoms with Crippen molar-refractivity contribution < 1.29 is 96.4 Å². The number of nitrogens with zero attached hydrogens (tertiary/aromatic N) is 6. The van der Waals surface area contributed by atoms with Crippen molar-refractivity contribution in [3.05, 3.63) is 147 Å². The first kappa shape index (κ1) is 58.3. The molecule has 0 amide bonds. The van der Waals surface area contributed by atoms with Crippen LogP contribution >= 0.6 is 23.2 Å². The summed E-state index contributed by atoms with van der Waals surface area (Å²) < 4.78 is 250. The van der Waals surface area contributed by atoms with Crippen LogP contribution in [0.4, 0.5) is 39.5 Å². The van der Waals surface area contributed by atoms with Gasteiger partial charge in [-0.3, -0.25) is 0 Å². The molecule has 4 aromatic heterocycles. The standard InChI is InChI=1S/C49H26B2Cl2F9N7O13S3/c1-23(2)40-38-39(43(68(40)50-78-32-10-3-4-11-33(32)79-50)29(22-64)45-66-31-17-15-26(53)20-37(31)77-45)41(69(51-80-34-12-5-6-13-35(34)81-51)42(38)28(21-63)44-65-30-16-14-25(52)19-36(30)76-44)24-8-7-9-27(18-24)82-85(74,75)48(58,59)46(54,55)47(56,57)83(70,71)67-84(72,73)49(60,61)62/h3-20,23,67H,1-2H3/b42-28-,43-29-. The van der Waals surface area contributed by atoms with Crippen molar-refractivity contribution >= 4 is 112 Å². The second-order valence-electron chi connectivity index (χ2n) is 18.5. The molecular weight excluding hydrogens is 1250 g/mol. The summed E-state index contributed by atoms with van der Waals surface area (Å²) in [5, 5.41) is 7.32. The molecule has 0 fully saturated rings. The Morgan fingerprint density at radius 3 is 1.52 bits per heavy atom. The topological polar surface area (TPSA) is 270 Å². The molecule has 11 rings (SSSR count). The lowest BCUT2D eigenvalue weighted by atomic mass is 10.0. The Labute approximate surface area is 480 Å². The third kappa shape index (κ3) is 9.28. The Balaban J connectivity index is 1.25.